The van der Waals surface area contributed by atoms with Crippen molar-refractivity contribution in [3.63, 3.8) is 0 Å². The lowest BCUT2D eigenvalue weighted by Crippen LogP contribution is -2.44. The molecule has 2 unspecified atom stereocenters. The van der Waals surface area contributed by atoms with Crippen molar-refractivity contribution in [3.8, 4) is 0 Å². The number of carbonyl (C=O) groups excluding carboxylic acids is 3. The second kappa shape index (κ2) is 71.3. The molecule has 0 aliphatic carbocycles. The van der Waals surface area contributed by atoms with Crippen molar-refractivity contribution in [2.24, 2.45) is 0 Å². The van der Waals surface area contributed by atoms with E-state index in [0.717, 1.165) is 109 Å². The monoisotopic (exact) mass is 1270 g/mol. The van der Waals surface area contributed by atoms with Crippen LogP contribution in [0.2, 0.25) is 0 Å². The van der Waals surface area contributed by atoms with E-state index in [1.54, 1.807) is 0 Å². The van der Waals surface area contributed by atoms with E-state index in [2.05, 4.69) is 148 Å². The van der Waals surface area contributed by atoms with Crippen LogP contribution in [0.3, 0.4) is 0 Å². The van der Waals surface area contributed by atoms with Crippen LogP contribution in [0.4, 0.5) is 0 Å². The standard InChI is InChI=1S/C82H139NO8/c1-6-8-10-12-14-16-18-20-22-24-26-28-30-32-34-36-38-39-40-41-43-45-47-49-51-53-55-57-59-61-63-65-67-69-71-73-80(85)91-78(77-90-82(81(86)87)88-75-74-83(3,4)5)76-89-79(84)72-70-68-66-64-62-60-58-56-54-52-50-48-46-44-42-37-35-33-31-29-27-25-23-21-19-17-15-13-11-9-7-2/h8,10,14,16,19-22,25-28,31-34,38-39,41,43,47,49,78,82H,6-7,9,11-13,15,17-18,23-24,29-30,35-37,40,42,44-46,48,50-77H2,1-5H3/b10-8-,16-14-,21-19-,22-20-,27-25-,28-26-,33-31-,34-32-,39-38-,43-41-,49-47-. The number of carbonyl (C=O) groups is 3. The molecule has 0 heterocycles. The SMILES string of the molecule is CC/C=C\C/C=C\C/C=C\C/C=C\C/C=C\C/C=C\C/C=C\C/C=C\CCCCCCCCCCCCC(=O)OC(COC(=O)CCCCCCCCCCCCCCCCCC/C=C\C/C=C\C/C=C\CCCCCCC)COC(OCC[N+](C)(C)C)C(=O)[O-]. The number of ether oxygens (including phenoxy) is 4. The first-order valence-corrected chi connectivity index (χ1v) is 37.3. The molecule has 2 atom stereocenters. The van der Waals surface area contributed by atoms with Gasteiger partial charge in [-0.1, -0.05) is 314 Å². The third-order valence-electron chi connectivity index (χ3n) is 15.9. The maximum absolute atomic E-state index is 13.0. The molecule has 9 heteroatoms. The topological polar surface area (TPSA) is 111 Å². The van der Waals surface area contributed by atoms with Crippen LogP contribution >= 0.6 is 0 Å². The van der Waals surface area contributed by atoms with E-state index < -0.39 is 24.3 Å². The first-order valence-electron chi connectivity index (χ1n) is 37.3. The lowest BCUT2D eigenvalue weighted by molar-refractivity contribution is -0.870. The van der Waals surface area contributed by atoms with E-state index in [4.69, 9.17) is 18.9 Å². The van der Waals surface area contributed by atoms with E-state index in [-0.39, 0.29) is 38.6 Å². The van der Waals surface area contributed by atoms with Gasteiger partial charge in [0.25, 0.3) is 0 Å². The Labute approximate surface area is 560 Å². The summed E-state index contributed by atoms with van der Waals surface area (Å²) >= 11 is 0. The second-order valence-electron chi connectivity index (χ2n) is 25.9. The molecule has 0 aromatic heterocycles. The molecule has 520 valence electrons. The predicted octanol–water partition coefficient (Wildman–Crippen LogP) is 22.4. The molecule has 0 spiro atoms. The van der Waals surface area contributed by atoms with Gasteiger partial charge in [0.05, 0.1) is 40.3 Å². The lowest BCUT2D eigenvalue weighted by atomic mass is 10.0. The summed E-state index contributed by atoms with van der Waals surface area (Å²) in [5.74, 6) is -2.29. The Bertz CT molecular complexity index is 1960. The number of rotatable bonds is 68. The molecule has 0 amide bonds. The van der Waals surface area contributed by atoms with Gasteiger partial charge in [-0.25, -0.2) is 0 Å². The minimum absolute atomic E-state index is 0.142. The van der Waals surface area contributed by atoms with Crippen LogP contribution in [0.1, 0.15) is 309 Å². The fraction of sp³-hybridized carbons (Fsp3) is 0.695. The van der Waals surface area contributed by atoms with Gasteiger partial charge < -0.3 is 33.3 Å². The summed E-state index contributed by atoms with van der Waals surface area (Å²) in [5, 5.41) is 11.8. The number of hydrogen-bond donors (Lipinski definition) is 0. The van der Waals surface area contributed by atoms with Gasteiger partial charge in [-0.15, -0.1) is 0 Å². The second-order valence-corrected chi connectivity index (χ2v) is 25.9. The molecule has 0 aliphatic rings. The van der Waals surface area contributed by atoms with Crippen molar-refractivity contribution in [1.82, 2.24) is 0 Å². The minimum atomic E-state index is -1.63. The number of likely N-dealkylation sites (N-methyl/N-ethyl adjacent to an activating group) is 1. The van der Waals surface area contributed by atoms with Crippen LogP contribution in [0.25, 0.3) is 0 Å². The third-order valence-corrected chi connectivity index (χ3v) is 15.9. The molecule has 0 N–H and O–H groups in total. The van der Waals surface area contributed by atoms with Crippen molar-refractivity contribution in [2.45, 2.75) is 322 Å². The summed E-state index contributed by atoms with van der Waals surface area (Å²) in [5.41, 5.74) is 0. The normalized spacial score (nSPS) is 13.5. The van der Waals surface area contributed by atoms with Crippen molar-refractivity contribution < 1.29 is 42.9 Å². The van der Waals surface area contributed by atoms with Gasteiger partial charge in [0.1, 0.15) is 13.2 Å². The molecule has 0 saturated carbocycles. The summed E-state index contributed by atoms with van der Waals surface area (Å²) < 4.78 is 22.8. The highest BCUT2D eigenvalue weighted by molar-refractivity contribution is 5.70. The number of esters is 2. The van der Waals surface area contributed by atoms with E-state index in [1.807, 2.05) is 21.1 Å². The summed E-state index contributed by atoms with van der Waals surface area (Å²) in [6.07, 6.45) is 99.7. The molecule has 9 nitrogen and oxygen atoms in total. The van der Waals surface area contributed by atoms with Gasteiger partial charge >= 0.3 is 11.9 Å². The maximum Gasteiger partial charge on any atom is 0.306 e. The third kappa shape index (κ3) is 72.7. The average Bonchev–Trinajstić information content (AvgIpc) is 3.46. The zero-order valence-electron chi connectivity index (χ0n) is 59.4. The summed E-state index contributed by atoms with van der Waals surface area (Å²) in [6.45, 7) is 4.63. The zero-order valence-corrected chi connectivity index (χ0v) is 59.4. The molecular weight excluding hydrogens is 1130 g/mol. The van der Waals surface area contributed by atoms with Crippen LogP contribution in [0.15, 0.2) is 134 Å². The fourth-order valence-electron chi connectivity index (χ4n) is 10.2. The zero-order chi connectivity index (χ0) is 66.1. The van der Waals surface area contributed by atoms with Crippen molar-refractivity contribution >= 4 is 17.9 Å². The molecule has 0 fully saturated rings. The minimum Gasteiger partial charge on any atom is -0.545 e. The van der Waals surface area contributed by atoms with Crippen LogP contribution < -0.4 is 5.11 Å². The average molecular weight is 1270 g/mol. The molecule has 0 saturated heterocycles. The Hall–Kier alpha value is -4.57. The largest absolute Gasteiger partial charge is 0.545 e. The van der Waals surface area contributed by atoms with Crippen molar-refractivity contribution in [2.75, 3.05) is 47.5 Å². The molecule has 0 aromatic rings. The van der Waals surface area contributed by atoms with E-state index >= 15 is 0 Å². The van der Waals surface area contributed by atoms with Crippen LogP contribution in [-0.2, 0) is 33.3 Å². The number of nitrogens with zero attached hydrogens (tertiary/aromatic N) is 1. The molecular formula is C82H139NO8. The Kier molecular flexibility index (Phi) is 67.7. The van der Waals surface area contributed by atoms with Crippen LogP contribution in [0, 0.1) is 0 Å². The molecule has 91 heavy (non-hydrogen) atoms. The fourth-order valence-corrected chi connectivity index (χ4v) is 10.2. The number of quaternary nitrogens is 1. The lowest BCUT2D eigenvalue weighted by Gasteiger charge is -2.26. The van der Waals surface area contributed by atoms with Gasteiger partial charge in [0.15, 0.2) is 12.4 Å². The van der Waals surface area contributed by atoms with Gasteiger partial charge in [-0.2, -0.15) is 0 Å². The summed E-state index contributed by atoms with van der Waals surface area (Å²) in [7, 11) is 5.93. The smallest absolute Gasteiger partial charge is 0.306 e. The highest BCUT2D eigenvalue weighted by Gasteiger charge is 2.22. The maximum atomic E-state index is 13.0. The predicted molar refractivity (Wildman–Crippen MR) is 389 cm³/mol. The van der Waals surface area contributed by atoms with Gasteiger partial charge in [0.2, 0.25) is 0 Å². The van der Waals surface area contributed by atoms with Gasteiger partial charge in [-0.05, 0) is 116 Å². The van der Waals surface area contributed by atoms with Crippen molar-refractivity contribution in [3.05, 3.63) is 134 Å². The molecule has 0 radical (unpaired) electrons. The Morgan fingerprint density at radius 2 is 0.626 bits per heavy atom. The Morgan fingerprint density at radius 1 is 0.341 bits per heavy atom. The highest BCUT2D eigenvalue weighted by atomic mass is 16.7. The number of hydrogen-bond acceptors (Lipinski definition) is 8. The Balaban J connectivity index is 4.13. The number of aliphatic carboxylic acids is 1. The van der Waals surface area contributed by atoms with Gasteiger partial charge in [-0.3, -0.25) is 9.59 Å². The van der Waals surface area contributed by atoms with E-state index in [0.29, 0.717) is 17.4 Å². The quantitative estimate of drug-likeness (QED) is 0.0195. The van der Waals surface area contributed by atoms with Crippen LogP contribution in [0.5, 0.6) is 0 Å². The molecule has 0 bridgehead atoms. The number of carboxylic acids is 1. The summed E-state index contributed by atoms with van der Waals surface area (Å²) in [4.78, 5) is 37.6. The summed E-state index contributed by atoms with van der Waals surface area (Å²) in [6, 6.07) is 0. The van der Waals surface area contributed by atoms with E-state index in [9.17, 15) is 19.5 Å². The number of allylic oxidation sites excluding steroid dienone is 22. The van der Waals surface area contributed by atoms with Crippen LogP contribution in [-0.4, -0.2) is 82.3 Å². The highest BCUT2D eigenvalue weighted by Crippen LogP contribution is 2.17. The first-order chi connectivity index (χ1) is 44.6. The molecule has 0 aromatic carbocycles. The first kappa shape index (κ1) is 86.4. The van der Waals surface area contributed by atoms with Gasteiger partial charge in [0, 0.05) is 12.8 Å². The number of carboxylic acid groups (broad SMARTS) is 1. The molecule has 0 rings (SSSR count). The number of unbranched alkanes of at least 4 members (excludes halogenated alkanes) is 31. The van der Waals surface area contributed by atoms with E-state index in [1.165, 1.54) is 167 Å². The molecule has 0 aliphatic heterocycles. The Morgan fingerprint density at radius 3 is 0.934 bits per heavy atom. The van der Waals surface area contributed by atoms with Crippen molar-refractivity contribution in [1.29, 1.82) is 0 Å².